The van der Waals surface area contributed by atoms with Gasteiger partial charge >= 0.3 is 0 Å². The molecule has 6 heteroatoms. The fourth-order valence-electron chi connectivity index (χ4n) is 0.568. The van der Waals surface area contributed by atoms with E-state index in [4.69, 9.17) is 0 Å². The van der Waals surface area contributed by atoms with Crippen molar-refractivity contribution in [2.24, 2.45) is 0 Å². The summed E-state index contributed by atoms with van der Waals surface area (Å²) < 4.78 is 1.77. The third kappa shape index (κ3) is 3.18. The van der Waals surface area contributed by atoms with E-state index in [9.17, 15) is 4.79 Å². The van der Waals surface area contributed by atoms with Crippen molar-refractivity contribution in [3.05, 3.63) is 26.1 Å². The Balaban J connectivity index is 2.85. The zero-order chi connectivity index (χ0) is 9.84. The molecule has 1 N–H and O–H groups in total. The van der Waals surface area contributed by atoms with Crippen molar-refractivity contribution in [2.75, 3.05) is 5.32 Å². The van der Waals surface area contributed by atoms with Gasteiger partial charge < -0.3 is 0 Å². The molecule has 0 radical (unpaired) electrons. The molecule has 68 valence electrons. The number of aromatic nitrogens is 2. The third-order valence-electron chi connectivity index (χ3n) is 1.12. The van der Waals surface area contributed by atoms with Crippen LogP contribution in [-0.4, -0.2) is 15.9 Å². The molecule has 1 aromatic heterocycles. The zero-order valence-corrected chi connectivity index (χ0v) is 10.7. The van der Waals surface area contributed by atoms with Crippen molar-refractivity contribution in [2.45, 2.75) is 0 Å². The maximum absolute atomic E-state index is 10.9. The molecule has 1 heterocycles. The van der Waals surface area contributed by atoms with Crippen LogP contribution in [0.3, 0.4) is 0 Å². The van der Waals surface area contributed by atoms with E-state index in [2.05, 4.69) is 67.0 Å². The maximum Gasteiger partial charge on any atom is 0.250 e. The van der Waals surface area contributed by atoms with E-state index in [1.165, 1.54) is 6.08 Å². The number of nitrogens with zero attached hydrogens (tertiary/aromatic N) is 2. The predicted molar refractivity (Wildman–Crippen MR) is 66.3 cm³/mol. The lowest BCUT2D eigenvalue weighted by atomic mass is 10.6. The fourth-order valence-corrected chi connectivity index (χ4v) is 1.20. The number of carbonyl (C=O) groups is 1. The minimum Gasteiger partial charge on any atom is -0.291 e. The molecule has 0 saturated carbocycles. The van der Waals surface area contributed by atoms with Crippen LogP contribution < -0.4 is 5.32 Å². The summed E-state index contributed by atoms with van der Waals surface area (Å²) in [5.74, 6) is -0.00766. The van der Waals surface area contributed by atoms with Gasteiger partial charge in [-0.1, -0.05) is 6.58 Å². The van der Waals surface area contributed by atoms with Gasteiger partial charge in [0.25, 0.3) is 0 Å². The highest BCUT2D eigenvalue weighted by Crippen LogP contribution is 2.12. The van der Waals surface area contributed by atoms with E-state index < -0.39 is 0 Å². The Labute approximate surface area is 103 Å². The van der Waals surface area contributed by atoms with Crippen LogP contribution in [0.2, 0.25) is 0 Å². The molecule has 1 rings (SSSR count). The Morgan fingerprint density at radius 3 is 2.85 bits per heavy atom. The summed E-state index contributed by atoms with van der Waals surface area (Å²) in [6.07, 6.45) is 2.82. The quantitative estimate of drug-likeness (QED) is 0.468. The molecule has 0 bridgehead atoms. The third-order valence-corrected chi connectivity index (χ3v) is 3.77. The number of carbonyl (C=O) groups excluding carboxylic acids is 1. The summed E-state index contributed by atoms with van der Waals surface area (Å²) in [5, 5.41) is 2.47. The second-order valence-electron chi connectivity index (χ2n) is 2.03. The van der Waals surface area contributed by atoms with E-state index in [0.717, 1.165) is 7.27 Å². The summed E-state index contributed by atoms with van der Waals surface area (Å²) in [6, 6.07) is 0. The number of amides is 1. The average molecular weight is 401 g/mol. The molecule has 0 aromatic carbocycles. The van der Waals surface area contributed by atoms with Gasteiger partial charge in [-0.3, -0.25) is 10.1 Å². The number of hydrogen-bond acceptors (Lipinski definition) is 3. The second-order valence-corrected chi connectivity index (χ2v) is 4.21. The molecule has 1 aromatic rings. The van der Waals surface area contributed by atoms with Gasteiger partial charge in [0.05, 0.1) is 3.57 Å². The fraction of sp³-hybridized carbons (Fsp3) is 0. The van der Waals surface area contributed by atoms with Crippen LogP contribution in [0.15, 0.2) is 18.9 Å². The molecule has 0 atom stereocenters. The average Bonchev–Trinajstić information content (AvgIpc) is 2.11. The predicted octanol–water partition coefficient (Wildman–Crippen LogP) is 1.81. The Hall–Kier alpha value is -0.250. The van der Waals surface area contributed by atoms with Crippen LogP contribution in [-0.2, 0) is 4.79 Å². The first-order valence-corrected chi connectivity index (χ1v) is 5.40. The van der Waals surface area contributed by atoms with Crippen molar-refractivity contribution in [3.8, 4) is 0 Å². The van der Waals surface area contributed by atoms with Crippen LogP contribution in [0, 0.1) is 7.27 Å². The minimum absolute atomic E-state index is 0.301. The standard InChI is InChI=1S/C7H5I2N3O/c1-2-5(13)11-7-10-3-4(8)6(9)12-7/h2-3H,1H2,(H,10,11,12,13). The zero-order valence-electron chi connectivity index (χ0n) is 6.42. The first-order valence-electron chi connectivity index (χ1n) is 3.25. The lowest BCUT2D eigenvalue weighted by Crippen LogP contribution is -2.11. The second kappa shape index (κ2) is 4.84. The van der Waals surface area contributed by atoms with Crippen LogP contribution in [0.1, 0.15) is 0 Å². The molecule has 0 aliphatic heterocycles. The number of hydrogen-bond donors (Lipinski definition) is 1. The van der Waals surface area contributed by atoms with E-state index >= 15 is 0 Å². The number of anilines is 1. The number of halogens is 2. The highest BCUT2D eigenvalue weighted by atomic mass is 127. The number of rotatable bonds is 2. The first-order chi connectivity index (χ1) is 6.13. The Morgan fingerprint density at radius 2 is 2.31 bits per heavy atom. The molecule has 1 amide bonds. The van der Waals surface area contributed by atoms with Crippen molar-refractivity contribution in [3.63, 3.8) is 0 Å². The normalized spacial score (nSPS) is 9.38. The minimum atomic E-state index is -0.308. The molecule has 0 aliphatic rings. The molecule has 0 fully saturated rings. The van der Waals surface area contributed by atoms with Gasteiger partial charge in [-0.25, -0.2) is 9.97 Å². The maximum atomic E-state index is 10.9. The summed E-state index contributed by atoms with van der Waals surface area (Å²) in [4.78, 5) is 18.8. The molecular weight excluding hydrogens is 396 g/mol. The van der Waals surface area contributed by atoms with Crippen LogP contribution in [0.5, 0.6) is 0 Å². The largest absolute Gasteiger partial charge is 0.291 e. The van der Waals surface area contributed by atoms with Gasteiger partial charge in [0.2, 0.25) is 11.9 Å². The first kappa shape index (κ1) is 10.8. The van der Waals surface area contributed by atoms with E-state index in [1.807, 2.05) is 0 Å². The summed E-state index contributed by atoms with van der Waals surface area (Å²) in [5.41, 5.74) is 0. The smallest absolute Gasteiger partial charge is 0.250 e. The summed E-state index contributed by atoms with van der Waals surface area (Å²) in [7, 11) is 0. The van der Waals surface area contributed by atoms with Crippen LogP contribution in [0.25, 0.3) is 0 Å². The van der Waals surface area contributed by atoms with Crippen molar-refractivity contribution in [1.29, 1.82) is 0 Å². The molecular formula is C7H5I2N3O. The van der Waals surface area contributed by atoms with Crippen LogP contribution >= 0.6 is 45.2 Å². The van der Waals surface area contributed by atoms with Gasteiger partial charge in [-0.2, -0.15) is 0 Å². The van der Waals surface area contributed by atoms with E-state index in [1.54, 1.807) is 6.20 Å². The Kier molecular flexibility index (Phi) is 4.03. The SMILES string of the molecule is C=CC(=O)Nc1ncc(I)c(I)n1. The van der Waals surface area contributed by atoms with Crippen molar-refractivity contribution >= 4 is 57.0 Å². The lowest BCUT2D eigenvalue weighted by molar-refractivity contribution is -0.111. The van der Waals surface area contributed by atoms with Gasteiger partial charge in [0.1, 0.15) is 3.70 Å². The van der Waals surface area contributed by atoms with Crippen molar-refractivity contribution in [1.82, 2.24) is 9.97 Å². The van der Waals surface area contributed by atoms with Crippen molar-refractivity contribution < 1.29 is 4.79 Å². The lowest BCUT2D eigenvalue weighted by Gasteiger charge is -2.00. The van der Waals surface area contributed by atoms with E-state index in [0.29, 0.717) is 5.95 Å². The van der Waals surface area contributed by atoms with Gasteiger partial charge in [0.15, 0.2) is 0 Å². The molecule has 0 aliphatic carbocycles. The number of nitrogens with one attached hydrogen (secondary N) is 1. The van der Waals surface area contributed by atoms with Gasteiger partial charge in [-0.15, -0.1) is 0 Å². The topological polar surface area (TPSA) is 54.9 Å². The molecule has 0 saturated heterocycles. The Bertz CT molecular complexity index is 354. The highest BCUT2D eigenvalue weighted by molar-refractivity contribution is 14.1. The molecule has 0 unspecified atom stereocenters. The van der Waals surface area contributed by atoms with Gasteiger partial charge in [-0.05, 0) is 51.3 Å². The van der Waals surface area contributed by atoms with E-state index in [-0.39, 0.29) is 5.91 Å². The molecule has 13 heavy (non-hydrogen) atoms. The summed E-state index contributed by atoms with van der Waals surface area (Å²) >= 11 is 4.19. The summed E-state index contributed by atoms with van der Waals surface area (Å²) in [6.45, 7) is 3.33. The highest BCUT2D eigenvalue weighted by Gasteiger charge is 2.03. The van der Waals surface area contributed by atoms with Gasteiger partial charge in [0, 0.05) is 6.20 Å². The molecule has 4 nitrogen and oxygen atoms in total. The molecule has 0 spiro atoms. The monoisotopic (exact) mass is 401 g/mol. The Morgan fingerprint density at radius 1 is 1.62 bits per heavy atom. The van der Waals surface area contributed by atoms with Crippen LogP contribution in [0.4, 0.5) is 5.95 Å².